The Kier molecular flexibility index (Phi) is 5.06. The van der Waals surface area contributed by atoms with E-state index in [-0.39, 0.29) is 24.9 Å². The van der Waals surface area contributed by atoms with E-state index in [0.717, 1.165) is 12.1 Å². The quantitative estimate of drug-likeness (QED) is 0.602. The van der Waals surface area contributed by atoms with E-state index in [1.807, 2.05) is 13.8 Å². The Balaban J connectivity index is 2.69. The lowest BCUT2D eigenvalue weighted by Crippen LogP contribution is -2.28. The van der Waals surface area contributed by atoms with Crippen molar-refractivity contribution >= 4 is 15.7 Å². The lowest BCUT2D eigenvalue weighted by atomic mass is 10.3. The third-order valence-corrected chi connectivity index (χ3v) is 3.59. The van der Waals surface area contributed by atoms with Crippen LogP contribution in [0.1, 0.15) is 13.8 Å². The summed E-state index contributed by atoms with van der Waals surface area (Å²) in [6.45, 7) is 4.00. The van der Waals surface area contributed by atoms with E-state index in [0.29, 0.717) is 0 Å². The summed E-state index contributed by atoms with van der Waals surface area (Å²) in [6.07, 6.45) is 0.0164. The van der Waals surface area contributed by atoms with Crippen LogP contribution in [0.25, 0.3) is 0 Å². The molecule has 1 aromatic rings. The average Bonchev–Trinajstić information content (AvgIpc) is 2.23. The average molecular weight is 276 g/mol. The molecule has 0 saturated carbocycles. The summed E-state index contributed by atoms with van der Waals surface area (Å²) in [5.41, 5.74) is 5.53. The van der Waals surface area contributed by atoms with Gasteiger partial charge in [-0.15, -0.1) is 0 Å². The number of halogens is 1. The molecule has 0 aliphatic heterocycles. The fraction of sp³-hybridized carbons (Fsp3) is 0.455. The number of hydrogen-bond donors (Lipinski definition) is 2. The number of ether oxygens (including phenoxy) is 1. The fourth-order valence-electron chi connectivity index (χ4n) is 1.28. The van der Waals surface area contributed by atoms with Crippen molar-refractivity contribution in [2.24, 2.45) is 0 Å². The number of sulfonamides is 1. The van der Waals surface area contributed by atoms with Crippen molar-refractivity contribution in [2.45, 2.75) is 24.8 Å². The predicted molar refractivity (Wildman–Crippen MR) is 67.1 cm³/mol. The largest absolute Gasteiger partial charge is 0.399 e. The number of hydrogen-bond acceptors (Lipinski definition) is 4. The first kappa shape index (κ1) is 14.9. The van der Waals surface area contributed by atoms with Crippen molar-refractivity contribution in [3.8, 4) is 0 Å². The number of rotatable bonds is 6. The predicted octanol–water partition coefficient (Wildman–Crippen LogP) is 1.11. The van der Waals surface area contributed by atoms with Crippen LogP contribution in [-0.4, -0.2) is 27.7 Å². The zero-order valence-corrected chi connectivity index (χ0v) is 11.1. The van der Waals surface area contributed by atoms with Gasteiger partial charge in [-0.1, -0.05) is 0 Å². The van der Waals surface area contributed by atoms with Crippen LogP contribution < -0.4 is 10.5 Å². The van der Waals surface area contributed by atoms with Gasteiger partial charge in [-0.2, -0.15) is 0 Å². The Morgan fingerprint density at radius 2 is 2.11 bits per heavy atom. The van der Waals surface area contributed by atoms with Crippen LogP contribution >= 0.6 is 0 Å². The molecule has 0 aliphatic rings. The molecule has 0 radical (unpaired) electrons. The highest BCUT2D eigenvalue weighted by Gasteiger charge is 2.18. The van der Waals surface area contributed by atoms with Gasteiger partial charge in [-0.3, -0.25) is 0 Å². The number of nitrogen functional groups attached to an aromatic ring is 1. The summed E-state index contributed by atoms with van der Waals surface area (Å²) in [5, 5.41) is 0. The molecule has 102 valence electrons. The van der Waals surface area contributed by atoms with Crippen molar-refractivity contribution in [1.29, 1.82) is 0 Å². The van der Waals surface area contributed by atoms with Crippen LogP contribution in [0.15, 0.2) is 23.1 Å². The minimum atomic E-state index is -3.87. The highest BCUT2D eigenvalue weighted by Crippen LogP contribution is 2.16. The molecule has 1 aromatic carbocycles. The van der Waals surface area contributed by atoms with Crippen LogP contribution in [0.5, 0.6) is 0 Å². The number of nitrogens with one attached hydrogen (secondary N) is 1. The monoisotopic (exact) mass is 276 g/mol. The van der Waals surface area contributed by atoms with Gasteiger partial charge in [0.25, 0.3) is 0 Å². The molecule has 0 saturated heterocycles. The Bertz CT molecular complexity index is 503. The number of anilines is 1. The van der Waals surface area contributed by atoms with Gasteiger partial charge in [0.1, 0.15) is 10.7 Å². The fourth-order valence-corrected chi connectivity index (χ4v) is 2.35. The van der Waals surface area contributed by atoms with Gasteiger partial charge in [-0.05, 0) is 32.0 Å². The Morgan fingerprint density at radius 1 is 1.44 bits per heavy atom. The van der Waals surface area contributed by atoms with Gasteiger partial charge in [0.15, 0.2) is 0 Å². The molecule has 0 amide bonds. The molecule has 7 heteroatoms. The second kappa shape index (κ2) is 6.12. The smallest absolute Gasteiger partial charge is 0.243 e. The first-order valence-electron chi connectivity index (χ1n) is 5.49. The summed E-state index contributed by atoms with van der Waals surface area (Å²) in [6, 6.07) is 3.44. The van der Waals surface area contributed by atoms with E-state index in [9.17, 15) is 12.8 Å². The molecule has 18 heavy (non-hydrogen) atoms. The van der Waals surface area contributed by atoms with Crippen LogP contribution in [0.4, 0.5) is 10.1 Å². The van der Waals surface area contributed by atoms with E-state index in [2.05, 4.69) is 4.72 Å². The Labute approximate surface area is 106 Å². The summed E-state index contributed by atoms with van der Waals surface area (Å²) in [4.78, 5) is -0.416. The van der Waals surface area contributed by atoms with Crippen molar-refractivity contribution in [1.82, 2.24) is 4.72 Å². The molecule has 3 N–H and O–H groups in total. The highest BCUT2D eigenvalue weighted by atomic mass is 32.2. The maximum Gasteiger partial charge on any atom is 0.243 e. The maximum atomic E-state index is 13.5. The number of benzene rings is 1. The van der Waals surface area contributed by atoms with Gasteiger partial charge in [0.05, 0.1) is 12.7 Å². The van der Waals surface area contributed by atoms with Crippen molar-refractivity contribution in [3.05, 3.63) is 24.0 Å². The first-order chi connectivity index (χ1) is 8.33. The molecule has 0 heterocycles. The van der Waals surface area contributed by atoms with E-state index in [1.165, 1.54) is 6.07 Å². The summed E-state index contributed by atoms with van der Waals surface area (Å²) in [5.74, 6) is -0.868. The molecule has 0 aromatic heterocycles. The molecule has 0 unspecified atom stereocenters. The van der Waals surface area contributed by atoms with Crippen LogP contribution in [0.2, 0.25) is 0 Å². The van der Waals surface area contributed by atoms with E-state index in [4.69, 9.17) is 10.5 Å². The minimum Gasteiger partial charge on any atom is -0.399 e. The molecule has 5 nitrogen and oxygen atoms in total. The second-order valence-electron chi connectivity index (χ2n) is 4.01. The normalized spacial score (nSPS) is 12.0. The van der Waals surface area contributed by atoms with Gasteiger partial charge in [-0.25, -0.2) is 17.5 Å². The maximum absolute atomic E-state index is 13.5. The third-order valence-electron chi connectivity index (χ3n) is 2.09. The summed E-state index contributed by atoms with van der Waals surface area (Å²) in [7, 11) is -3.87. The molecular formula is C11H17FN2O3S. The molecule has 1 rings (SSSR count). The zero-order valence-electron chi connectivity index (χ0n) is 10.3. The first-order valence-corrected chi connectivity index (χ1v) is 6.97. The Morgan fingerprint density at radius 3 is 2.67 bits per heavy atom. The SMILES string of the molecule is CC(C)OCCNS(=O)(=O)c1ccc(N)cc1F. The molecule has 0 atom stereocenters. The molecule has 0 bridgehead atoms. The standard InChI is InChI=1S/C11H17FN2O3S/c1-8(2)17-6-5-14-18(15,16)11-4-3-9(13)7-10(11)12/h3-4,7-8,14H,5-6,13H2,1-2H3. The van der Waals surface area contributed by atoms with E-state index < -0.39 is 20.7 Å². The molecule has 0 fully saturated rings. The lowest BCUT2D eigenvalue weighted by molar-refractivity contribution is 0.0834. The third kappa shape index (κ3) is 4.25. The zero-order chi connectivity index (χ0) is 13.8. The summed E-state index contributed by atoms with van der Waals surface area (Å²) < 4.78 is 44.4. The number of nitrogens with two attached hydrogens (primary N) is 1. The lowest BCUT2D eigenvalue weighted by Gasteiger charge is -2.10. The Hall–Kier alpha value is -1.18. The van der Waals surface area contributed by atoms with E-state index >= 15 is 0 Å². The van der Waals surface area contributed by atoms with Crippen molar-refractivity contribution in [3.63, 3.8) is 0 Å². The van der Waals surface area contributed by atoms with Crippen LogP contribution in [0, 0.1) is 5.82 Å². The van der Waals surface area contributed by atoms with Crippen molar-refractivity contribution in [2.75, 3.05) is 18.9 Å². The van der Waals surface area contributed by atoms with Gasteiger partial charge < -0.3 is 10.5 Å². The minimum absolute atomic E-state index is 0.0164. The van der Waals surface area contributed by atoms with Crippen LogP contribution in [0.3, 0.4) is 0 Å². The molecule has 0 aliphatic carbocycles. The van der Waals surface area contributed by atoms with Crippen molar-refractivity contribution < 1.29 is 17.5 Å². The molecular weight excluding hydrogens is 259 g/mol. The van der Waals surface area contributed by atoms with Gasteiger partial charge in [0.2, 0.25) is 10.0 Å². The van der Waals surface area contributed by atoms with E-state index in [1.54, 1.807) is 0 Å². The molecule has 0 spiro atoms. The van der Waals surface area contributed by atoms with Gasteiger partial charge >= 0.3 is 0 Å². The van der Waals surface area contributed by atoms with Gasteiger partial charge in [0, 0.05) is 12.2 Å². The van der Waals surface area contributed by atoms with Crippen LogP contribution in [-0.2, 0) is 14.8 Å². The topological polar surface area (TPSA) is 81.4 Å². The highest BCUT2D eigenvalue weighted by molar-refractivity contribution is 7.89. The summed E-state index contributed by atoms with van der Waals surface area (Å²) >= 11 is 0. The second-order valence-corrected chi connectivity index (χ2v) is 5.74.